The Morgan fingerprint density at radius 3 is 2.33 bits per heavy atom. The first-order chi connectivity index (χ1) is 6.87. The zero-order chi connectivity index (χ0) is 11.9. The monoisotopic (exact) mass is 218 g/mol. The standard InChI is InChI=1S/C11H22O4/c1-11(2,3)15-10(14)9(13)7-5-4-6-8-12/h9,12-13H,4-8H2,1-3H3. The number of esters is 1. The van der Waals surface area contributed by atoms with Crippen molar-refractivity contribution in [2.24, 2.45) is 0 Å². The summed E-state index contributed by atoms with van der Waals surface area (Å²) in [6.07, 6.45) is 1.61. The third kappa shape index (κ3) is 8.39. The molecule has 0 aliphatic rings. The Labute approximate surface area is 91.3 Å². The molecule has 0 radical (unpaired) electrons. The molecule has 1 atom stereocenters. The molecule has 0 fully saturated rings. The fourth-order valence-electron chi connectivity index (χ4n) is 1.11. The third-order valence-corrected chi connectivity index (χ3v) is 1.81. The first-order valence-electron chi connectivity index (χ1n) is 5.38. The summed E-state index contributed by atoms with van der Waals surface area (Å²) >= 11 is 0. The van der Waals surface area contributed by atoms with Crippen molar-refractivity contribution in [3.8, 4) is 0 Å². The van der Waals surface area contributed by atoms with Gasteiger partial charge in [0.05, 0.1) is 0 Å². The molecular weight excluding hydrogens is 196 g/mol. The third-order valence-electron chi connectivity index (χ3n) is 1.81. The van der Waals surface area contributed by atoms with Gasteiger partial charge < -0.3 is 14.9 Å². The van der Waals surface area contributed by atoms with Crippen molar-refractivity contribution in [1.82, 2.24) is 0 Å². The van der Waals surface area contributed by atoms with E-state index in [4.69, 9.17) is 9.84 Å². The average Bonchev–Trinajstić information content (AvgIpc) is 2.09. The van der Waals surface area contributed by atoms with E-state index >= 15 is 0 Å². The van der Waals surface area contributed by atoms with Crippen LogP contribution in [0.3, 0.4) is 0 Å². The molecule has 0 spiro atoms. The number of ether oxygens (including phenoxy) is 1. The van der Waals surface area contributed by atoms with Crippen molar-refractivity contribution >= 4 is 5.97 Å². The number of rotatable bonds is 6. The second-order valence-electron chi connectivity index (χ2n) is 4.62. The first kappa shape index (κ1) is 14.4. The van der Waals surface area contributed by atoms with E-state index in [2.05, 4.69) is 0 Å². The summed E-state index contributed by atoms with van der Waals surface area (Å²) in [5.41, 5.74) is -0.552. The summed E-state index contributed by atoms with van der Waals surface area (Å²) in [4.78, 5) is 11.3. The number of carbonyl (C=O) groups excluding carboxylic acids is 1. The minimum atomic E-state index is -1.04. The zero-order valence-electron chi connectivity index (χ0n) is 9.82. The Balaban J connectivity index is 3.70. The summed E-state index contributed by atoms with van der Waals surface area (Å²) in [5, 5.41) is 18.0. The Hall–Kier alpha value is -0.610. The summed E-state index contributed by atoms with van der Waals surface area (Å²) in [6, 6.07) is 0. The first-order valence-corrected chi connectivity index (χ1v) is 5.38. The molecule has 0 aliphatic heterocycles. The highest BCUT2D eigenvalue weighted by molar-refractivity contribution is 5.74. The number of hydrogen-bond donors (Lipinski definition) is 2. The van der Waals surface area contributed by atoms with Gasteiger partial charge >= 0.3 is 5.97 Å². The maximum absolute atomic E-state index is 11.3. The fourth-order valence-corrected chi connectivity index (χ4v) is 1.11. The maximum atomic E-state index is 11.3. The van der Waals surface area contributed by atoms with Crippen molar-refractivity contribution in [3.63, 3.8) is 0 Å². The Kier molecular flexibility index (Phi) is 6.52. The Morgan fingerprint density at radius 1 is 1.27 bits per heavy atom. The van der Waals surface area contributed by atoms with Crippen LogP contribution in [0.5, 0.6) is 0 Å². The molecule has 0 saturated heterocycles. The Bertz CT molecular complexity index is 184. The molecule has 0 bridgehead atoms. The molecule has 15 heavy (non-hydrogen) atoms. The molecule has 90 valence electrons. The summed E-state index contributed by atoms with van der Waals surface area (Å²) in [5.74, 6) is -0.563. The summed E-state index contributed by atoms with van der Waals surface area (Å²) < 4.78 is 5.02. The van der Waals surface area contributed by atoms with Gasteiger partial charge in [0.15, 0.2) is 6.10 Å². The molecule has 0 amide bonds. The second kappa shape index (κ2) is 6.80. The lowest BCUT2D eigenvalue weighted by Crippen LogP contribution is -2.31. The highest BCUT2D eigenvalue weighted by atomic mass is 16.6. The van der Waals surface area contributed by atoms with Gasteiger partial charge in [-0.05, 0) is 33.6 Å². The van der Waals surface area contributed by atoms with E-state index in [0.717, 1.165) is 12.8 Å². The maximum Gasteiger partial charge on any atom is 0.335 e. The Morgan fingerprint density at radius 2 is 1.87 bits per heavy atom. The van der Waals surface area contributed by atoms with E-state index in [1.807, 2.05) is 0 Å². The molecular formula is C11H22O4. The predicted octanol–water partition coefficient (Wildman–Crippen LogP) is 1.24. The van der Waals surface area contributed by atoms with Crippen LogP contribution >= 0.6 is 0 Å². The second-order valence-corrected chi connectivity index (χ2v) is 4.62. The normalized spacial score (nSPS) is 13.7. The molecule has 0 aliphatic carbocycles. The molecule has 2 N–H and O–H groups in total. The summed E-state index contributed by atoms with van der Waals surface area (Å²) in [6.45, 7) is 5.46. The number of aliphatic hydroxyl groups is 2. The fraction of sp³-hybridized carbons (Fsp3) is 0.909. The van der Waals surface area contributed by atoms with E-state index < -0.39 is 17.7 Å². The van der Waals surface area contributed by atoms with E-state index in [9.17, 15) is 9.90 Å². The highest BCUT2D eigenvalue weighted by Gasteiger charge is 2.22. The van der Waals surface area contributed by atoms with Crippen molar-refractivity contribution in [3.05, 3.63) is 0 Å². The van der Waals surface area contributed by atoms with Crippen molar-refractivity contribution in [2.75, 3.05) is 6.61 Å². The molecule has 1 unspecified atom stereocenters. The molecule has 0 aromatic heterocycles. The molecule has 4 nitrogen and oxygen atoms in total. The van der Waals surface area contributed by atoms with Gasteiger partial charge in [-0.2, -0.15) is 0 Å². The van der Waals surface area contributed by atoms with Crippen LogP contribution in [-0.4, -0.2) is 34.5 Å². The minimum Gasteiger partial charge on any atom is -0.458 e. The van der Waals surface area contributed by atoms with Gasteiger partial charge in [0.25, 0.3) is 0 Å². The summed E-state index contributed by atoms with van der Waals surface area (Å²) in [7, 11) is 0. The molecule has 0 rings (SSSR count). The van der Waals surface area contributed by atoms with Gasteiger partial charge in [0.2, 0.25) is 0 Å². The van der Waals surface area contributed by atoms with Crippen LogP contribution in [-0.2, 0) is 9.53 Å². The predicted molar refractivity (Wildman–Crippen MR) is 57.4 cm³/mol. The topological polar surface area (TPSA) is 66.8 Å². The van der Waals surface area contributed by atoms with E-state index in [-0.39, 0.29) is 6.61 Å². The van der Waals surface area contributed by atoms with E-state index in [1.165, 1.54) is 0 Å². The van der Waals surface area contributed by atoms with Crippen molar-refractivity contribution < 1.29 is 19.7 Å². The molecule has 4 heteroatoms. The molecule has 0 saturated carbocycles. The van der Waals surface area contributed by atoms with Crippen LogP contribution in [0.15, 0.2) is 0 Å². The van der Waals surface area contributed by atoms with E-state index in [1.54, 1.807) is 20.8 Å². The van der Waals surface area contributed by atoms with Crippen LogP contribution in [0.2, 0.25) is 0 Å². The number of hydrogen-bond acceptors (Lipinski definition) is 4. The van der Waals surface area contributed by atoms with Crippen molar-refractivity contribution in [2.45, 2.75) is 58.2 Å². The lowest BCUT2D eigenvalue weighted by atomic mass is 10.1. The smallest absolute Gasteiger partial charge is 0.335 e. The van der Waals surface area contributed by atoms with Gasteiger partial charge in [0.1, 0.15) is 5.60 Å². The largest absolute Gasteiger partial charge is 0.458 e. The zero-order valence-corrected chi connectivity index (χ0v) is 9.82. The van der Waals surface area contributed by atoms with E-state index in [0.29, 0.717) is 12.8 Å². The molecule has 0 heterocycles. The van der Waals surface area contributed by atoms with Crippen LogP contribution in [0.1, 0.15) is 46.5 Å². The average molecular weight is 218 g/mol. The van der Waals surface area contributed by atoms with Gasteiger partial charge in [-0.3, -0.25) is 0 Å². The van der Waals surface area contributed by atoms with Gasteiger partial charge in [-0.15, -0.1) is 0 Å². The minimum absolute atomic E-state index is 0.155. The molecule has 0 aromatic carbocycles. The lowest BCUT2D eigenvalue weighted by molar-refractivity contribution is -0.165. The SMILES string of the molecule is CC(C)(C)OC(=O)C(O)CCCCCO. The number of aliphatic hydroxyl groups excluding tert-OH is 2. The van der Waals surface area contributed by atoms with Gasteiger partial charge in [-0.25, -0.2) is 4.79 Å². The number of unbranched alkanes of at least 4 members (excludes halogenated alkanes) is 2. The molecule has 0 aromatic rings. The van der Waals surface area contributed by atoms with Crippen LogP contribution in [0.25, 0.3) is 0 Å². The lowest BCUT2D eigenvalue weighted by Gasteiger charge is -2.21. The van der Waals surface area contributed by atoms with Gasteiger partial charge in [-0.1, -0.05) is 12.8 Å². The highest BCUT2D eigenvalue weighted by Crippen LogP contribution is 2.11. The quantitative estimate of drug-likeness (QED) is 0.520. The number of carbonyl (C=O) groups is 1. The van der Waals surface area contributed by atoms with Crippen LogP contribution in [0.4, 0.5) is 0 Å². The van der Waals surface area contributed by atoms with Crippen LogP contribution < -0.4 is 0 Å². The van der Waals surface area contributed by atoms with Crippen LogP contribution in [0, 0.1) is 0 Å². The van der Waals surface area contributed by atoms with Gasteiger partial charge in [0, 0.05) is 6.61 Å². The van der Waals surface area contributed by atoms with Crippen molar-refractivity contribution in [1.29, 1.82) is 0 Å².